The quantitative estimate of drug-likeness (QED) is 0.560. The van der Waals surface area contributed by atoms with Crippen molar-refractivity contribution < 1.29 is 29.0 Å². The Hall–Kier alpha value is -3.41. The van der Waals surface area contributed by atoms with Gasteiger partial charge in [0.2, 0.25) is 5.78 Å². The Kier molecular flexibility index (Phi) is 6.88. The Morgan fingerprint density at radius 3 is 2.63 bits per heavy atom. The van der Waals surface area contributed by atoms with Crippen LogP contribution in [0.25, 0.3) is 6.08 Å². The first-order valence-corrected chi connectivity index (χ1v) is 8.21. The number of Topliss-reactive ketones (excluding diaryl/α,β-unsaturated/α-hetero) is 1. The van der Waals surface area contributed by atoms with Crippen LogP contribution in [0, 0.1) is 0 Å². The molecular weight excluding hydrogens is 348 g/mol. The number of rotatable bonds is 8. The number of hydrogen-bond donors (Lipinski definition) is 1. The molecule has 1 aromatic carbocycles. The van der Waals surface area contributed by atoms with Crippen molar-refractivity contribution in [1.29, 1.82) is 0 Å². The van der Waals surface area contributed by atoms with Crippen LogP contribution in [-0.2, 0) is 19.1 Å². The maximum absolute atomic E-state index is 12.0. The van der Waals surface area contributed by atoms with E-state index in [9.17, 15) is 19.5 Å². The highest BCUT2D eigenvalue weighted by molar-refractivity contribution is 6.07. The van der Waals surface area contributed by atoms with Gasteiger partial charge < -0.3 is 14.6 Å². The lowest BCUT2D eigenvalue weighted by Crippen LogP contribution is -2.06. The third kappa shape index (κ3) is 5.81. The van der Waals surface area contributed by atoms with E-state index >= 15 is 0 Å². The molecule has 1 aliphatic carbocycles. The molecule has 0 heterocycles. The fourth-order valence-electron chi connectivity index (χ4n) is 2.36. The zero-order valence-electron chi connectivity index (χ0n) is 15.1. The van der Waals surface area contributed by atoms with Crippen LogP contribution in [0.1, 0.15) is 18.4 Å². The van der Waals surface area contributed by atoms with Crippen molar-refractivity contribution in [2.75, 3.05) is 14.2 Å². The van der Waals surface area contributed by atoms with Gasteiger partial charge in [0.1, 0.15) is 5.78 Å². The first kappa shape index (κ1) is 19.9. The summed E-state index contributed by atoms with van der Waals surface area (Å²) >= 11 is 0. The summed E-state index contributed by atoms with van der Waals surface area (Å²) in [5.74, 6) is -0.277. The van der Waals surface area contributed by atoms with Crippen LogP contribution in [0.2, 0.25) is 0 Å². The molecule has 0 amide bonds. The van der Waals surface area contributed by atoms with Crippen molar-refractivity contribution in [3.63, 3.8) is 0 Å². The molecule has 0 spiro atoms. The third-order valence-electron chi connectivity index (χ3n) is 3.79. The van der Waals surface area contributed by atoms with Crippen molar-refractivity contribution in [2.45, 2.75) is 12.8 Å². The van der Waals surface area contributed by atoms with Crippen molar-refractivity contribution in [1.82, 2.24) is 0 Å². The number of ether oxygens (including phenoxy) is 2. The second-order valence-electron chi connectivity index (χ2n) is 5.76. The first-order chi connectivity index (χ1) is 12.9. The average Bonchev–Trinajstić information content (AvgIpc) is 2.66. The first-order valence-electron chi connectivity index (χ1n) is 8.21. The van der Waals surface area contributed by atoms with Gasteiger partial charge in [-0.3, -0.25) is 14.4 Å². The van der Waals surface area contributed by atoms with Crippen molar-refractivity contribution in [2.24, 2.45) is 0 Å². The van der Waals surface area contributed by atoms with Gasteiger partial charge in [0.15, 0.2) is 23.0 Å². The van der Waals surface area contributed by atoms with E-state index in [-0.39, 0.29) is 41.7 Å². The van der Waals surface area contributed by atoms with E-state index in [1.54, 1.807) is 36.4 Å². The maximum atomic E-state index is 12.0. The number of carbonyl (C=O) groups excluding carboxylic acids is 3. The fraction of sp³-hybridized carbons (Fsp3) is 0.190. The smallest absolute Gasteiger partial charge is 0.220 e. The summed E-state index contributed by atoms with van der Waals surface area (Å²) in [6.45, 7) is 0. The van der Waals surface area contributed by atoms with Gasteiger partial charge in [-0.15, -0.1) is 0 Å². The molecule has 0 bridgehead atoms. The number of hydrogen-bond acceptors (Lipinski definition) is 6. The number of phenols is 1. The highest BCUT2D eigenvalue weighted by Crippen LogP contribution is 2.26. The molecule has 0 radical (unpaired) electrons. The molecule has 0 unspecified atom stereocenters. The van der Waals surface area contributed by atoms with Crippen LogP contribution in [0.5, 0.6) is 11.5 Å². The number of allylic oxidation sites excluding steroid dienone is 6. The molecule has 0 fully saturated rings. The summed E-state index contributed by atoms with van der Waals surface area (Å²) in [6, 6.07) is 4.68. The lowest BCUT2D eigenvalue weighted by molar-refractivity contribution is -0.124. The molecule has 1 aromatic rings. The predicted octanol–water partition coefficient (Wildman–Crippen LogP) is 2.93. The van der Waals surface area contributed by atoms with E-state index in [1.165, 1.54) is 32.4 Å². The Morgan fingerprint density at radius 2 is 1.93 bits per heavy atom. The minimum atomic E-state index is -0.326. The molecule has 6 heteroatoms. The molecule has 0 aromatic heterocycles. The summed E-state index contributed by atoms with van der Waals surface area (Å²) in [5.41, 5.74) is 1.35. The van der Waals surface area contributed by atoms with Crippen LogP contribution in [0.15, 0.2) is 59.9 Å². The summed E-state index contributed by atoms with van der Waals surface area (Å²) in [4.78, 5) is 35.4. The Bertz CT molecular complexity index is 871. The van der Waals surface area contributed by atoms with Gasteiger partial charge >= 0.3 is 0 Å². The van der Waals surface area contributed by atoms with Gasteiger partial charge in [0.05, 0.1) is 20.6 Å². The van der Waals surface area contributed by atoms with E-state index in [0.29, 0.717) is 16.9 Å². The molecule has 0 saturated carbocycles. The van der Waals surface area contributed by atoms with E-state index in [1.807, 2.05) is 0 Å². The number of ketones is 3. The monoisotopic (exact) mass is 368 g/mol. The summed E-state index contributed by atoms with van der Waals surface area (Å²) in [6.07, 6.45) is 8.89. The molecule has 6 nitrogen and oxygen atoms in total. The fourth-order valence-corrected chi connectivity index (χ4v) is 2.36. The molecule has 0 aliphatic heterocycles. The van der Waals surface area contributed by atoms with Crippen LogP contribution in [0.3, 0.4) is 0 Å². The van der Waals surface area contributed by atoms with E-state index in [4.69, 9.17) is 9.47 Å². The molecular formula is C21H20O6. The lowest BCUT2D eigenvalue weighted by Gasteiger charge is -2.07. The standard InChI is InChI=1S/C21H20O6/c1-26-20-11-14(5-9-18(20)24)3-7-16(22)13-17(23)8-4-15-6-10-19(25)21(12-15)27-2/h3-7,9-12,24H,8,13H2,1-2H3/b7-3+,15-4+. The average molecular weight is 368 g/mol. The minimum Gasteiger partial charge on any atom is -0.504 e. The van der Waals surface area contributed by atoms with E-state index < -0.39 is 0 Å². The largest absolute Gasteiger partial charge is 0.504 e. The summed E-state index contributed by atoms with van der Waals surface area (Å²) < 4.78 is 9.95. The van der Waals surface area contributed by atoms with Gasteiger partial charge in [0, 0.05) is 6.42 Å². The zero-order chi connectivity index (χ0) is 19.8. The Balaban J connectivity index is 1.91. The van der Waals surface area contributed by atoms with Gasteiger partial charge in [-0.25, -0.2) is 0 Å². The van der Waals surface area contributed by atoms with E-state index in [0.717, 1.165) is 0 Å². The molecule has 1 aliphatic rings. The Labute approximate surface area is 157 Å². The van der Waals surface area contributed by atoms with Crippen LogP contribution in [0.4, 0.5) is 0 Å². The molecule has 27 heavy (non-hydrogen) atoms. The van der Waals surface area contributed by atoms with Crippen LogP contribution < -0.4 is 4.74 Å². The van der Waals surface area contributed by atoms with Crippen LogP contribution >= 0.6 is 0 Å². The summed E-state index contributed by atoms with van der Waals surface area (Å²) in [7, 11) is 2.84. The van der Waals surface area contributed by atoms with Gasteiger partial charge in [-0.05, 0) is 41.5 Å². The molecule has 140 valence electrons. The topological polar surface area (TPSA) is 89.9 Å². The number of benzene rings is 1. The summed E-state index contributed by atoms with van der Waals surface area (Å²) in [5, 5.41) is 9.54. The van der Waals surface area contributed by atoms with Gasteiger partial charge in [0.25, 0.3) is 0 Å². The number of carbonyl (C=O) groups is 3. The Morgan fingerprint density at radius 1 is 1.15 bits per heavy atom. The second kappa shape index (κ2) is 9.33. The van der Waals surface area contributed by atoms with Crippen molar-refractivity contribution in [3.8, 4) is 11.5 Å². The zero-order valence-corrected chi connectivity index (χ0v) is 15.1. The van der Waals surface area contributed by atoms with Crippen LogP contribution in [-0.4, -0.2) is 36.7 Å². The van der Waals surface area contributed by atoms with Gasteiger partial charge in [-0.2, -0.15) is 0 Å². The number of methoxy groups -OCH3 is 2. The second-order valence-corrected chi connectivity index (χ2v) is 5.76. The van der Waals surface area contributed by atoms with Crippen molar-refractivity contribution >= 4 is 23.4 Å². The molecule has 2 rings (SSSR count). The SMILES string of the molecule is COC1=C/C(=C/CC(=O)CC(=O)/C=C/c2ccc(O)c(OC)c2)C=CC1=O. The number of aromatic hydroxyl groups is 1. The van der Waals surface area contributed by atoms with E-state index in [2.05, 4.69) is 0 Å². The predicted molar refractivity (Wildman–Crippen MR) is 100 cm³/mol. The minimum absolute atomic E-state index is 0.00772. The normalized spacial score (nSPS) is 15.1. The highest BCUT2D eigenvalue weighted by Gasteiger charge is 2.12. The number of phenolic OH excluding ortho intramolecular Hbond substituents is 1. The third-order valence-corrected chi connectivity index (χ3v) is 3.79. The maximum Gasteiger partial charge on any atom is 0.220 e. The molecule has 0 saturated heterocycles. The van der Waals surface area contributed by atoms with Crippen molar-refractivity contribution in [3.05, 3.63) is 65.5 Å². The van der Waals surface area contributed by atoms with Gasteiger partial charge in [-0.1, -0.05) is 24.3 Å². The lowest BCUT2D eigenvalue weighted by atomic mass is 10.0. The molecule has 0 atom stereocenters. The highest BCUT2D eigenvalue weighted by atomic mass is 16.5. The molecule has 1 N–H and O–H groups in total.